The molecule has 1 aromatic heterocycles. The van der Waals surface area contributed by atoms with Crippen molar-refractivity contribution < 1.29 is 19.0 Å². The summed E-state index contributed by atoms with van der Waals surface area (Å²) >= 11 is 0. The van der Waals surface area contributed by atoms with Crippen molar-refractivity contribution in [3.8, 4) is 11.1 Å². The van der Waals surface area contributed by atoms with Gasteiger partial charge < -0.3 is 14.2 Å². The molecule has 1 aliphatic rings. The van der Waals surface area contributed by atoms with Crippen molar-refractivity contribution in [1.82, 2.24) is 4.98 Å². The van der Waals surface area contributed by atoms with E-state index in [9.17, 15) is 4.79 Å². The van der Waals surface area contributed by atoms with Crippen molar-refractivity contribution in [2.75, 3.05) is 14.2 Å². The molecule has 0 N–H and O–H groups in total. The highest BCUT2D eigenvalue weighted by atomic mass is 16.7. The zero-order valence-corrected chi connectivity index (χ0v) is 14.0. The maximum Gasteiger partial charge on any atom is 0.338 e. The highest BCUT2D eigenvalue weighted by Gasteiger charge is 2.21. The zero-order valence-electron chi connectivity index (χ0n) is 14.0. The van der Waals surface area contributed by atoms with Gasteiger partial charge in [-0.2, -0.15) is 0 Å². The molecule has 0 atom stereocenters. The monoisotopic (exact) mass is 335 g/mol. The molecule has 1 aliphatic heterocycles. The van der Waals surface area contributed by atoms with E-state index in [1.54, 1.807) is 14.2 Å². The Hall–Kier alpha value is -2.76. The summed E-state index contributed by atoms with van der Waals surface area (Å²) in [4.78, 5) is 16.2. The van der Waals surface area contributed by atoms with Gasteiger partial charge in [0.05, 0.1) is 16.8 Å². The van der Waals surface area contributed by atoms with E-state index in [2.05, 4.69) is 4.98 Å². The number of pyridine rings is 1. The van der Waals surface area contributed by atoms with Gasteiger partial charge in [-0.05, 0) is 35.4 Å². The standard InChI is InChI=1S/C20H17NO4/c1-23-20(24-2)17-8-6-12-3-4-14(10-18(12)21-17)13-5-7-16-15(9-13)11-25-19(16)22/h3-10,20H,11H2,1-2H3. The highest BCUT2D eigenvalue weighted by molar-refractivity contribution is 5.94. The van der Waals surface area contributed by atoms with E-state index in [1.807, 2.05) is 48.5 Å². The maximum atomic E-state index is 11.6. The van der Waals surface area contributed by atoms with Gasteiger partial charge in [0.15, 0.2) is 0 Å². The number of ether oxygens (including phenoxy) is 3. The van der Waals surface area contributed by atoms with E-state index < -0.39 is 6.29 Å². The van der Waals surface area contributed by atoms with E-state index in [4.69, 9.17) is 14.2 Å². The molecule has 0 fully saturated rings. The van der Waals surface area contributed by atoms with E-state index >= 15 is 0 Å². The van der Waals surface area contributed by atoms with Crippen molar-refractivity contribution in [2.24, 2.45) is 0 Å². The van der Waals surface area contributed by atoms with Gasteiger partial charge in [-0.25, -0.2) is 9.78 Å². The fraction of sp³-hybridized carbons (Fsp3) is 0.200. The minimum atomic E-state index is -0.490. The number of aromatic nitrogens is 1. The number of carbonyl (C=O) groups excluding carboxylic acids is 1. The van der Waals surface area contributed by atoms with Crippen molar-refractivity contribution in [1.29, 1.82) is 0 Å². The molecule has 126 valence electrons. The van der Waals surface area contributed by atoms with E-state index in [0.29, 0.717) is 12.2 Å². The van der Waals surface area contributed by atoms with Crippen LogP contribution in [-0.4, -0.2) is 25.2 Å². The first-order valence-corrected chi connectivity index (χ1v) is 7.96. The molecule has 2 heterocycles. The SMILES string of the molecule is COC(OC)c1ccc2ccc(-c3ccc4c(c3)COC4=O)cc2n1. The molecule has 0 saturated heterocycles. The van der Waals surface area contributed by atoms with Gasteiger partial charge in [0.2, 0.25) is 6.29 Å². The van der Waals surface area contributed by atoms with Crippen LogP contribution in [0.25, 0.3) is 22.0 Å². The second-order valence-electron chi connectivity index (χ2n) is 5.89. The Labute approximate surface area is 145 Å². The summed E-state index contributed by atoms with van der Waals surface area (Å²) in [7, 11) is 3.18. The third kappa shape index (κ3) is 2.77. The highest BCUT2D eigenvalue weighted by Crippen LogP contribution is 2.29. The second-order valence-corrected chi connectivity index (χ2v) is 5.89. The van der Waals surface area contributed by atoms with Crippen molar-refractivity contribution in [2.45, 2.75) is 12.9 Å². The molecule has 2 aromatic carbocycles. The molecular formula is C20H17NO4. The fourth-order valence-corrected chi connectivity index (χ4v) is 3.09. The molecule has 3 aromatic rings. The minimum absolute atomic E-state index is 0.253. The Morgan fingerprint density at radius 2 is 1.72 bits per heavy atom. The molecule has 0 radical (unpaired) electrons. The molecule has 5 nitrogen and oxygen atoms in total. The molecular weight excluding hydrogens is 318 g/mol. The average molecular weight is 335 g/mol. The number of nitrogens with zero attached hydrogens (tertiary/aromatic N) is 1. The third-order valence-electron chi connectivity index (χ3n) is 4.40. The molecule has 0 bridgehead atoms. The van der Waals surface area contributed by atoms with Crippen LogP contribution in [0.4, 0.5) is 0 Å². The number of methoxy groups -OCH3 is 2. The first-order chi connectivity index (χ1) is 12.2. The van der Waals surface area contributed by atoms with E-state index in [-0.39, 0.29) is 5.97 Å². The average Bonchev–Trinajstić information content (AvgIpc) is 3.02. The molecule has 0 saturated carbocycles. The number of benzene rings is 2. The van der Waals surface area contributed by atoms with Crippen LogP contribution < -0.4 is 0 Å². The molecule has 0 aliphatic carbocycles. The number of fused-ring (bicyclic) bond motifs is 2. The van der Waals surface area contributed by atoms with Crippen LogP contribution in [0.1, 0.15) is 27.9 Å². The summed E-state index contributed by atoms with van der Waals surface area (Å²) in [6, 6.07) is 15.8. The number of hydrogen-bond donors (Lipinski definition) is 0. The number of cyclic esters (lactones) is 1. The lowest BCUT2D eigenvalue weighted by Crippen LogP contribution is -2.05. The number of rotatable bonds is 4. The van der Waals surface area contributed by atoms with Gasteiger partial charge >= 0.3 is 5.97 Å². The topological polar surface area (TPSA) is 57.7 Å². The minimum Gasteiger partial charge on any atom is -0.457 e. The Kier molecular flexibility index (Phi) is 3.95. The lowest BCUT2D eigenvalue weighted by atomic mass is 9.99. The molecule has 5 heteroatoms. The summed E-state index contributed by atoms with van der Waals surface area (Å²) in [6.07, 6.45) is -0.490. The predicted molar refractivity (Wildman–Crippen MR) is 93.1 cm³/mol. The van der Waals surface area contributed by atoms with Crippen molar-refractivity contribution in [3.63, 3.8) is 0 Å². The van der Waals surface area contributed by atoms with Crippen LogP contribution >= 0.6 is 0 Å². The Morgan fingerprint density at radius 3 is 2.52 bits per heavy atom. The normalized spacial score (nSPS) is 13.3. The van der Waals surface area contributed by atoms with Gasteiger partial charge in [0.25, 0.3) is 0 Å². The van der Waals surface area contributed by atoms with Crippen LogP contribution in [0.3, 0.4) is 0 Å². The largest absolute Gasteiger partial charge is 0.457 e. The smallest absolute Gasteiger partial charge is 0.338 e. The predicted octanol–water partition coefficient (Wildman–Crippen LogP) is 3.86. The van der Waals surface area contributed by atoms with E-state index in [1.165, 1.54) is 0 Å². The zero-order chi connectivity index (χ0) is 17.4. The maximum absolute atomic E-state index is 11.6. The lowest BCUT2D eigenvalue weighted by molar-refractivity contribution is -0.108. The summed E-state index contributed by atoms with van der Waals surface area (Å²) < 4.78 is 15.6. The molecule has 0 unspecified atom stereocenters. The van der Waals surface area contributed by atoms with Gasteiger partial charge in [-0.1, -0.05) is 24.3 Å². The lowest BCUT2D eigenvalue weighted by Gasteiger charge is -2.13. The van der Waals surface area contributed by atoms with Gasteiger partial charge in [0, 0.05) is 25.2 Å². The quantitative estimate of drug-likeness (QED) is 0.535. The van der Waals surface area contributed by atoms with Crippen LogP contribution in [0.2, 0.25) is 0 Å². The summed E-state index contributed by atoms with van der Waals surface area (Å²) in [5, 5.41) is 1.04. The third-order valence-corrected chi connectivity index (χ3v) is 4.40. The van der Waals surface area contributed by atoms with Crippen molar-refractivity contribution in [3.05, 3.63) is 65.4 Å². The van der Waals surface area contributed by atoms with Crippen LogP contribution in [0.15, 0.2) is 48.5 Å². The number of esters is 1. The van der Waals surface area contributed by atoms with Crippen LogP contribution in [0, 0.1) is 0 Å². The Balaban J connectivity index is 1.76. The van der Waals surface area contributed by atoms with Crippen LogP contribution in [-0.2, 0) is 20.8 Å². The van der Waals surface area contributed by atoms with Gasteiger partial charge in [-0.3, -0.25) is 0 Å². The fourth-order valence-electron chi connectivity index (χ4n) is 3.09. The number of hydrogen-bond acceptors (Lipinski definition) is 5. The van der Waals surface area contributed by atoms with Crippen LogP contribution in [0.5, 0.6) is 0 Å². The first-order valence-electron chi connectivity index (χ1n) is 7.96. The Bertz CT molecular complexity index is 963. The molecule has 0 amide bonds. The number of carbonyl (C=O) groups is 1. The summed E-state index contributed by atoms with van der Waals surface area (Å²) in [6.45, 7) is 0.335. The first kappa shape index (κ1) is 15.7. The Morgan fingerprint density at radius 1 is 1.00 bits per heavy atom. The molecule has 25 heavy (non-hydrogen) atoms. The summed E-state index contributed by atoms with van der Waals surface area (Å²) in [5.41, 5.74) is 5.22. The summed E-state index contributed by atoms with van der Waals surface area (Å²) in [5.74, 6) is -0.253. The van der Waals surface area contributed by atoms with Crippen molar-refractivity contribution >= 4 is 16.9 Å². The second kappa shape index (κ2) is 6.27. The van der Waals surface area contributed by atoms with E-state index in [0.717, 1.165) is 33.3 Å². The molecule has 4 rings (SSSR count). The molecule has 0 spiro atoms. The van der Waals surface area contributed by atoms with Gasteiger partial charge in [-0.15, -0.1) is 0 Å². The van der Waals surface area contributed by atoms with Gasteiger partial charge in [0.1, 0.15) is 6.61 Å².